The van der Waals surface area contributed by atoms with Crippen molar-refractivity contribution in [2.75, 3.05) is 5.32 Å². The maximum Gasteiger partial charge on any atom is 0.127 e. The SMILES string of the molecule is CC(Cn1ccnc1)Nc1cccc(Br)n1. The Balaban J connectivity index is 1.94. The highest BCUT2D eigenvalue weighted by Crippen LogP contribution is 2.11. The number of hydrogen-bond acceptors (Lipinski definition) is 3. The minimum Gasteiger partial charge on any atom is -0.366 e. The minimum atomic E-state index is 0.302. The Bertz CT molecular complexity index is 441. The molecule has 0 fully saturated rings. The van der Waals surface area contributed by atoms with Gasteiger partial charge >= 0.3 is 0 Å². The molecule has 0 spiro atoms. The molecular formula is C11H13BrN4. The molecule has 0 aliphatic rings. The predicted octanol–water partition coefficient (Wildman–Crippen LogP) is 2.54. The van der Waals surface area contributed by atoms with Crippen molar-refractivity contribution >= 4 is 21.7 Å². The van der Waals surface area contributed by atoms with Gasteiger partial charge < -0.3 is 9.88 Å². The lowest BCUT2D eigenvalue weighted by Gasteiger charge is -2.14. The molecule has 2 heterocycles. The van der Waals surface area contributed by atoms with E-state index in [1.807, 2.05) is 35.3 Å². The van der Waals surface area contributed by atoms with E-state index in [1.54, 1.807) is 6.20 Å². The second-order valence-electron chi connectivity index (χ2n) is 3.65. The molecule has 0 saturated carbocycles. The van der Waals surface area contributed by atoms with Crippen LogP contribution in [0.25, 0.3) is 0 Å². The normalized spacial score (nSPS) is 12.4. The Hall–Kier alpha value is -1.36. The van der Waals surface area contributed by atoms with E-state index in [9.17, 15) is 0 Å². The van der Waals surface area contributed by atoms with Crippen LogP contribution in [-0.4, -0.2) is 20.6 Å². The maximum atomic E-state index is 4.32. The number of pyridine rings is 1. The molecular weight excluding hydrogens is 268 g/mol. The van der Waals surface area contributed by atoms with Crippen molar-refractivity contribution in [1.82, 2.24) is 14.5 Å². The van der Waals surface area contributed by atoms with E-state index in [2.05, 4.69) is 38.1 Å². The van der Waals surface area contributed by atoms with E-state index in [-0.39, 0.29) is 0 Å². The lowest BCUT2D eigenvalue weighted by Crippen LogP contribution is -2.21. The smallest absolute Gasteiger partial charge is 0.127 e. The van der Waals surface area contributed by atoms with Crippen LogP contribution in [0.1, 0.15) is 6.92 Å². The van der Waals surface area contributed by atoms with Gasteiger partial charge in [0.05, 0.1) is 6.33 Å². The third kappa shape index (κ3) is 3.06. The summed E-state index contributed by atoms with van der Waals surface area (Å²) in [4.78, 5) is 8.33. The van der Waals surface area contributed by atoms with Crippen molar-refractivity contribution in [3.63, 3.8) is 0 Å². The number of rotatable bonds is 4. The average Bonchev–Trinajstić information content (AvgIpc) is 2.70. The van der Waals surface area contributed by atoms with Gasteiger partial charge in [0, 0.05) is 25.0 Å². The van der Waals surface area contributed by atoms with Crippen molar-refractivity contribution in [3.8, 4) is 0 Å². The zero-order valence-corrected chi connectivity index (χ0v) is 10.6. The molecule has 0 aliphatic heterocycles. The predicted molar refractivity (Wildman–Crippen MR) is 67.2 cm³/mol. The molecule has 0 aliphatic carbocycles. The van der Waals surface area contributed by atoms with Gasteiger partial charge in [-0.1, -0.05) is 6.07 Å². The second-order valence-corrected chi connectivity index (χ2v) is 4.46. The standard InChI is InChI=1S/C11H13BrN4/c1-9(7-16-6-5-13-8-16)14-11-4-2-3-10(12)15-11/h2-6,8-9H,7H2,1H3,(H,14,15). The summed E-state index contributed by atoms with van der Waals surface area (Å²) in [6.07, 6.45) is 5.54. The Morgan fingerprint density at radius 3 is 3.06 bits per heavy atom. The summed E-state index contributed by atoms with van der Waals surface area (Å²) < 4.78 is 2.88. The quantitative estimate of drug-likeness (QED) is 0.876. The molecule has 84 valence electrons. The van der Waals surface area contributed by atoms with Crippen molar-refractivity contribution in [1.29, 1.82) is 0 Å². The topological polar surface area (TPSA) is 42.7 Å². The first-order valence-corrected chi connectivity index (χ1v) is 5.88. The molecule has 0 radical (unpaired) electrons. The summed E-state index contributed by atoms with van der Waals surface area (Å²) in [7, 11) is 0. The van der Waals surface area contributed by atoms with Crippen LogP contribution in [0.15, 0.2) is 41.5 Å². The van der Waals surface area contributed by atoms with Gasteiger partial charge in [0.2, 0.25) is 0 Å². The van der Waals surface area contributed by atoms with Gasteiger partial charge in [0.15, 0.2) is 0 Å². The highest BCUT2D eigenvalue weighted by atomic mass is 79.9. The van der Waals surface area contributed by atoms with Crippen LogP contribution in [0.3, 0.4) is 0 Å². The fourth-order valence-corrected chi connectivity index (χ4v) is 1.84. The number of nitrogens with one attached hydrogen (secondary N) is 1. The number of halogens is 1. The average molecular weight is 281 g/mol. The third-order valence-electron chi connectivity index (χ3n) is 2.15. The number of aromatic nitrogens is 3. The zero-order valence-electron chi connectivity index (χ0n) is 8.97. The van der Waals surface area contributed by atoms with Gasteiger partial charge in [-0.2, -0.15) is 0 Å². The van der Waals surface area contributed by atoms with Crippen LogP contribution in [-0.2, 0) is 6.54 Å². The fraction of sp³-hybridized carbons (Fsp3) is 0.273. The van der Waals surface area contributed by atoms with Crippen molar-refractivity contribution < 1.29 is 0 Å². The summed E-state index contributed by atoms with van der Waals surface area (Å²) in [5, 5.41) is 3.33. The summed E-state index contributed by atoms with van der Waals surface area (Å²) in [6, 6.07) is 6.13. The molecule has 0 amide bonds. The third-order valence-corrected chi connectivity index (χ3v) is 2.59. The highest BCUT2D eigenvalue weighted by molar-refractivity contribution is 9.10. The largest absolute Gasteiger partial charge is 0.366 e. The Labute approximate surface area is 103 Å². The van der Waals surface area contributed by atoms with Gasteiger partial charge in [0.25, 0.3) is 0 Å². The zero-order chi connectivity index (χ0) is 11.4. The van der Waals surface area contributed by atoms with E-state index in [1.165, 1.54) is 0 Å². The number of imidazole rings is 1. The van der Waals surface area contributed by atoms with Crippen molar-refractivity contribution in [3.05, 3.63) is 41.5 Å². The number of anilines is 1. The summed E-state index contributed by atoms with van der Waals surface area (Å²) in [6.45, 7) is 2.98. The minimum absolute atomic E-state index is 0.302. The first kappa shape index (κ1) is 11.1. The highest BCUT2D eigenvalue weighted by Gasteiger charge is 2.03. The first-order chi connectivity index (χ1) is 7.74. The number of nitrogens with zero attached hydrogens (tertiary/aromatic N) is 3. The van der Waals surface area contributed by atoms with Crippen molar-refractivity contribution in [2.45, 2.75) is 19.5 Å². The molecule has 0 bridgehead atoms. The van der Waals surface area contributed by atoms with Crippen LogP contribution in [0.4, 0.5) is 5.82 Å². The van der Waals surface area contributed by atoms with Gasteiger partial charge in [-0.3, -0.25) is 0 Å². The van der Waals surface area contributed by atoms with Crippen LogP contribution in [0.2, 0.25) is 0 Å². The molecule has 1 unspecified atom stereocenters. The summed E-state index contributed by atoms with van der Waals surface area (Å²) >= 11 is 3.35. The van der Waals surface area contributed by atoms with E-state index in [0.29, 0.717) is 6.04 Å². The number of hydrogen-bond donors (Lipinski definition) is 1. The molecule has 2 aromatic heterocycles. The monoisotopic (exact) mass is 280 g/mol. The lowest BCUT2D eigenvalue weighted by molar-refractivity contribution is 0.617. The molecule has 1 N–H and O–H groups in total. The van der Waals surface area contributed by atoms with E-state index in [0.717, 1.165) is 17.0 Å². The van der Waals surface area contributed by atoms with E-state index >= 15 is 0 Å². The van der Waals surface area contributed by atoms with Crippen LogP contribution < -0.4 is 5.32 Å². The summed E-state index contributed by atoms with van der Waals surface area (Å²) in [5.74, 6) is 0.877. The fourth-order valence-electron chi connectivity index (χ4n) is 1.50. The van der Waals surface area contributed by atoms with Crippen LogP contribution in [0.5, 0.6) is 0 Å². The lowest BCUT2D eigenvalue weighted by atomic mass is 10.3. The molecule has 4 nitrogen and oxygen atoms in total. The molecule has 0 saturated heterocycles. The first-order valence-electron chi connectivity index (χ1n) is 5.09. The van der Waals surface area contributed by atoms with E-state index in [4.69, 9.17) is 0 Å². The molecule has 0 aromatic carbocycles. The molecule has 2 rings (SSSR count). The summed E-state index contributed by atoms with van der Waals surface area (Å²) in [5.41, 5.74) is 0. The maximum absolute atomic E-state index is 4.32. The Morgan fingerprint density at radius 1 is 1.50 bits per heavy atom. The van der Waals surface area contributed by atoms with E-state index < -0.39 is 0 Å². The van der Waals surface area contributed by atoms with Gasteiger partial charge in [0.1, 0.15) is 10.4 Å². The van der Waals surface area contributed by atoms with Gasteiger partial charge in [-0.05, 0) is 35.0 Å². The molecule has 16 heavy (non-hydrogen) atoms. The van der Waals surface area contributed by atoms with Crippen LogP contribution >= 0.6 is 15.9 Å². The molecule has 1 atom stereocenters. The van der Waals surface area contributed by atoms with Gasteiger partial charge in [-0.15, -0.1) is 0 Å². The van der Waals surface area contributed by atoms with Gasteiger partial charge in [-0.25, -0.2) is 9.97 Å². The second kappa shape index (κ2) is 5.12. The van der Waals surface area contributed by atoms with Crippen molar-refractivity contribution in [2.24, 2.45) is 0 Å². The Morgan fingerprint density at radius 2 is 2.38 bits per heavy atom. The molecule has 2 aromatic rings. The molecule has 5 heteroatoms. The Kier molecular flexibility index (Phi) is 3.56. The van der Waals surface area contributed by atoms with Crippen LogP contribution in [0, 0.1) is 0 Å².